The molecule has 5 nitrogen and oxygen atoms in total. The number of rotatable bonds is 7. The minimum atomic E-state index is -0.447. The molecule has 1 heterocycles. The van der Waals surface area contributed by atoms with E-state index in [1.807, 2.05) is 93.4 Å². The van der Waals surface area contributed by atoms with Gasteiger partial charge in [-0.3, -0.25) is 9.59 Å². The van der Waals surface area contributed by atoms with Crippen molar-refractivity contribution in [2.24, 2.45) is 10.8 Å². The van der Waals surface area contributed by atoms with Gasteiger partial charge in [-0.2, -0.15) is 0 Å². The van der Waals surface area contributed by atoms with Gasteiger partial charge in [-0.1, -0.05) is 69.3 Å². The minimum absolute atomic E-state index is 0.0792. The van der Waals surface area contributed by atoms with Crippen LogP contribution in [0.3, 0.4) is 0 Å². The molecule has 32 heavy (non-hydrogen) atoms. The first-order valence-corrected chi connectivity index (χ1v) is 11.4. The summed E-state index contributed by atoms with van der Waals surface area (Å²) in [6.07, 6.45) is 2.09. The Hall–Kier alpha value is -2.82. The van der Waals surface area contributed by atoms with Gasteiger partial charge < -0.3 is 14.5 Å². The highest BCUT2D eigenvalue weighted by atomic mass is 16.5. The van der Waals surface area contributed by atoms with Gasteiger partial charge >= 0.3 is 0 Å². The van der Waals surface area contributed by atoms with E-state index < -0.39 is 10.8 Å². The van der Waals surface area contributed by atoms with Crippen LogP contribution in [0.15, 0.2) is 60.7 Å². The topological polar surface area (TPSA) is 49.9 Å². The maximum atomic E-state index is 13.3. The Kier molecular flexibility index (Phi) is 7.60. The van der Waals surface area contributed by atoms with E-state index in [1.165, 1.54) is 0 Å². The summed E-state index contributed by atoms with van der Waals surface area (Å²) in [4.78, 5) is 30.0. The van der Waals surface area contributed by atoms with Gasteiger partial charge in [0.15, 0.2) is 0 Å². The lowest BCUT2D eigenvalue weighted by atomic mass is 9.76. The average molecular weight is 437 g/mol. The SMILES string of the molecule is CN(Cc1ccccc1)C(=O)C[C@]1(COc2ccccc2)CCCN(C(=O)C(C)(C)C)C1. The number of carbonyl (C=O) groups excluding carboxylic acids is 2. The Morgan fingerprint density at radius 1 is 1.03 bits per heavy atom. The normalized spacial score (nSPS) is 18.8. The van der Waals surface area contributed by atoms with E-state index in [9.17, 15) is 9.59 Å². The molecule has 3 rings (SSSR count). The summed E-state index contributed by atoms with van der Waals surface area (Å²) in [5.74, 6) is 0.998. The number of ether oxygens (including phenoxy) is 1. The van der Waals surface area contributed by atoms with Crippen molar-refractivity contribution in [3.63, 3.8) is 0 Å². The van der Waals surface area contributed by atoms with Gasteiger partial charge in [-0.15, -0.1) is 0 Å². The van der Waals surface area contributed by atoms with Crippen LogP contribution in [-0.2, 0) is 16.1 Å². The Morgan fingerprint density at radius 3 is 2.28 bits per heavy atom. The molecule has 1 saturated heterocycles. The van der Waals surface area contributed by atoms with Crippen LogP contribution in [0.25, 0.3) is 0 Å². The molecule has 0 unspecified atom stereocenters. The predicted molar refractivity (Wildman–Crippen MR) is 127 cm³/mol. The Balaban J connectivity index is 1.76. The molecule has 0 saturated carbocycles. The zero-order valence-corrected chi connectivity index (χ0v) is 19.8. The van der Waals surface area contributed by atoms with Crippen LogP contribution in [0.1, 0.15) is 45.6 Å². The van der Waals surface area contributed by atoms with Crippen LogP contribution in [-0.4, -0.2) is 48.4 Å². The molecule has 172 valence electrons. The molecular formula is C27H36N2O3. The number of nitrogens with zero attached hydrogens (tertiary/aromatic N) is 2. The minimum Gasteiger partial charge on any atom is -0.493 e. The van der Waals surface area contributed by atoms with Crippen LogP contribution in [0.4, 0.5) is 0 Å². The van der Waals surface area contributed by atoms with Crippen molar-refractivity contribution in [1.82, 2.24) is 9.80 Å². The molecule has 0 aromatic heterocycles. The van der Waals surface area contributed by atoms with Gasteiger partial charge in [0.25, 0.3) is 0 Å². The summed E-state index contributed by atoms with van der Waals surface area (Å²) in [6.45, 7) is 8.11. The zero-order valence-electron chi connectivity index (χ0n) is 19.8. The summed E-state index contributed by atoms with van der Waals surface area (Å²) in [7, 11) is 1.85. The summed E-state index contributed by atoms with van der Waals surface area (Å²) in [6, 6.07) is 19.7. The van der Waals surface area contributed by atoms with Gasteiger partial charge in [0.1, 0.15) is 5.75 Å². The number of benzene rings is 2. The third-order valence-corrected chi connectivity index (χ3v) is 6.09. The van der Waals surface area contributed by atoms with Crippen LogP contribution >= 0.6 is 0 Å². The zero-order chi connectivity index (χ0) is 23.2. The van der Waals surface area contributed by atoms with Crippen molar-refractivity contribution in [2.75, 3.05) is 26.7 Å². The van der Waals surface area contributed by atoms with Crippen molar-refractivity contribution in [2.45, 2.75) is 46.6 Å². The number of hydrogen-bond acceptors (Lipinski definition) is 3. The Morgan fingerprint density at radius 2 is 1.66 bits per heavy atom. The molecule has 2 aromatic carbocycles. The van der Waals surface area contributed by atoms with E-state index in [1.54, 1.807) is 4.90 Å². The van der Waals surface area contributed by atoms with Gasteiger partial charge in [0.05, 0.1) is 6.61 Å². The molecule has 1 fully saturated rings. The van der Waals surface area contributed by atoms with Crippen molar-refractivity contribution in [3.05, 3.63) is 66.2 Å². The molecule has 0 bridgehead atoms. The van der Waals surface area contributed by atoms with Gasteiger partial charge in [0, 0.05) is 43.9 Å². The molecular weight excluding hydrogens is 400 g/mol. The molecule has 1 atom stereocenters. The van der Waals surface area contributed by atoms with Crippen molar-refractivity contribution in [1.29, 1.82) is 0 Å². The van der Waals surface area contributed by atoms with Crippen molar-refractivity contribution >= 4 is 11.8 Å². The molecule has 5 heteroatoms. The fourth-order valence-electron chi connectivity index (χ4n) is 4.32. The molecule has 1 aliphatic rings. The van der Waals surface area contributed by atoms with E-state index in [4.69, 9.17) is 4.74 Å². The largest absolute Gasteiger partial charge is 0.493 e. The fraction of sp³-hybridized carbons (Fsp3) is 0.481. The lowest BCUT2D eigenvalue weighted by molar-refractivity contribution is -0.146. The van der Waals surface area contributed by atoms with E-state index in [0.717, 1.165) is 30.7 Å². The average Bonchev–Trinajstić information content (AvgIpc) is 2.78. The van der Waals surface area contributed by atoms with Crippen LogP contribution in [0.5, 0.6) is 5.75 Å². The number of carbonyl (C=O) groups is 2. The highest BCUT2D eigenvalue weighted by Crippen LogP contribution is 2.36. The Bertz CT molecular complexity index is 892. The Labute approximate surface area is 192 Å². The van der Waals surface area contributed by atoms with Gasteiger partial charge in [-0.25, -0.2) is 0 Å². The fourth-order valence-corrected chi connectivity index (χ4v) is 4.32. The number of piperidine rings is 1. The first-order valence-electron chi connectivity index (χ1n) is 11.4. The molecule has 0 spiro atoms. The number of likely N-dealkylation sites (tertiary alicyclic amines) is 1. The van der Waals surface area contributed by atoms with Crippen molar-refractivity contribution in [3.8, 4) is 5.75 Å². The molecule has 0 N–H and O–H groups in total. The highest BCUT2D eigenvalue weighted by Gasteiger charge is 2.42. The number of amides is 2. The summed E-state index contributed by atoms with van der Waals surface area (Å²) >= 11 is 0. The number of hydrogen-bond donors (Lipinski definition) is 0. The summed E-state index contributed by atoms with van der Waals surface area (Å²) in [5.41, 5.74) is 0.250. The molecule has 1 aliphatic heterocycles. The molecule has 2 amide bonds. The highest BCUT2D eigenvalue weighted by molar-refractivity contribution is 5.82. The lowest BCUT2D eigenvalue weighted by Crippen LogP contribution is -2.53. The monoisotopic (exact) mass is 436 g/mol. The number of para-hydroxylation sites is 1. The van der Waals surface area contributed by atoms with E-state index in [-0.39, 0.29) is 11.8 Å². The van der Waals surface area contributed by atoms with E-state index in [2.05, 4.69) is 0 Å². The second-order valence-corrected chi connectivity index (χ2v) is 10.1. The summed E-state index contributed by atoms with van der Waals surface area (Å²) in [5, 5.41) is 0. The summed E-state index contributed by atoms with van der Waals surface area (Å²) < 4.78 is 6.15. The van der Waals surface area contributed by atoms with E-state index >= 15 is 0 Å². The second-order valence-electron chi connectivity index (χ2n) is 10.1. The lowest BCUT2D eigenvalue weighted by Gasteiger charge is -2.44. The van der Waals surface area contributed by atoms with Gasteiger partial charge in [-0.05, 0) is 30.5 Å². The molecule has 0 aliphatic carbocycles. The first kappa shape index (κ1) is 23.8. The second kappa shape index (κ2) is 10.2. The predicted octanol–water partition coefficient (Wildman–Crippen LogP) is 4.77. The molecule has 0 radical (unpaired) electrons. The van der Waals surface area contributed by atoms with Crippen LogP contribution < -0.4 is 4.74 Å². The maximum absolute atomic E-state index is 13.3. The third-order valence-electron chi connectivity index (χ3n) is 6.09. The van der Waals surface area contributed by atoms with Gasteiger partial charge in [0.2, 0.25) is 11.8 Å². The molecule has 2 aromatic rings. The van der Waals surface area contributed by atoms with Crippen LogP contribution in [0.2, 0.25) is 0 Å². The smallest absolute Gasteiger partial charge is 0.227 e. The maximum Gasteiger partial charge on any atom is 0.227 e. The van der Waals surface area contributed by atoms with Crippen molar-refractivity contribution < 1.29 is 14.3 Å². The van der Waals surface area contributed by atoms with Crippen LogP contribution in [0, 0.1) is 10.8 Å². The first-order chi connectivity index (χ1) is 15.2. The van der Waals surface area contributed by atoms with E-state index in [0.29, 0.717) is 26.1 Å². The standard InChI is InChI=1S/C27H36N2O3/c1-26(2,3)25(31)29-17-11-16-27(20-29,21-32-23-14-9-6-10-15-23)18-24(30)28(4)19-22-12-7-5-8-13-22/h5-10,12-15H,11,16-21H2,1-4H3/t27-/m1/s1. The quantitative estimate of drug-likeness (QED) is 0.628. The third kappa shape index (κ3) is 6.35.